The molecule has 0 spiro atoms. The number of benzene rings is 1. The Morgan fingerprint density at radius 1 is 1.46 bits per heavy atom. The van der Waals surface area contributed by atoms with Gasteiger partial charge in [0, 0.05) is 6.54 Å². The lowest BCUT2D eigenvalue weighted by molar-refractivity contribution is -0.117. The lowest BCUT2D eigenvalue weighted by atomic mass is 10.1. The van der Waals surface area contributed by atoms with Crippen LogP contribution in [0.5, 0.6) is 5.75 Å². The van der Waals surface area contributed by atoms with Crippen LogP contribution in [0.25, 0.3) is 0 Å². The SMILES string of the molecule is Cc1cc(Br)nc(NCc2cc(O)c(N3CC(=O)NS3)c(F)c2)c1. The number of carbonyl (C=O) groups excluding carboxylic acids is 1. The summed E-state index contributed by atoms with van der Waals surface area (Å²) in [5.74, 6) is -0.389. The van der Waals surface area contributed by atoms with Crippen LogP contribution >= 0.6 is 28.1 Å². The van der Waals surface area contributed by atoms with E-state index in [0.29, 0.717) is 22.5 Å². The molecule has 0 bridgehead atoms. The van der Waals surface area contributed by atoms with Crippen LogP contribution in [0.1, 0.15) is 11.1 Å². The first-order valence-electron chi connectivity index (χ1n) is 7.05. The number of anilines is 2. The molecular formula is C15H14BrFN4O2S. The molecule has 24 heavy (non-hydrogen) atoms. The molecule has 0 radical (unpaired) electrons. The Kier molecular flexibility index (Phi) is 4.81. The van der Waals surface area contributed by atoms with Crippen molar-refractivity contribution in [1.82, 2.24) is 9.71 Å². The van der Waals surface area contributed by atoms with Gasteiger partial charge in [-0.2, -0.15) is 0 Å². The van der Waals surface area contributed by atoms with E-state index >= 15 is 0 Å². The molecule has 1 aliphatic rings. The minimum atomic E-state index is -0.589. The minimum Gasteiger partial charge on any atom is -0.506 e. The number of nitrogens with zero attached hydrogens (tertiary/aromatic N) is 2. The molecule has 1 amide bonds. The van der Waals surface area contributed by atoms with E-state index in [9.17, 15) is 14.3 Å². The molecule has 2 heterocycles. The molecule has 1 aliphatic heterocycles. The average molecular weight is 413 g/mol. The number of phenolic OH excluding ortho intramolecular Hbond substituents is 1. The zero-order valence-corrected chi connectivity index (χ0v) is 15.0. The monoisotopic (exact) mass is 412 g/mol. The van der Waals surface area contributed by atoms with Crippen molar-refractivity contribution >= 4 is 45.5 Å². The van der Waals surface area contributed by atoms with Crippen LogP contribution in [0, 0.1) is 12.7 Å². The van der Waals surface area contributed by atoms with Gasteiger partial charge in [0.1, 0.15) is 28.4 Å². The second-order valence-corrected chi connectivity index (χ2v) is 6.94. The summed E-state index contributed by atoms with van der Waals surface area (Å²) in [6.45, 7) is 2.24. The molecule has 1 saturated heterocycles. The molecule has 1 fully saturated rings. The van der Waals surface area contributed by atoms with Crippen LogP contribution in [0.4, 0.5) is 15.9 Å². The summed E-state index contributed by atoms with van der Waals surface area (Å²) in [6, 6.07) is 6.55. The Hall–Kier alpha value is -2.00. The van der Waals surface area contributed by atoms with Crippen molar-refractivity contribution in [1.29, 1.82) is 0 Å². The molecule has 2 aromatic rings. The molecule has 126 valence electrons. The van der Waals surface area contributed by atoms with E-state index in [1.807, 2.05) is 19.1 Å². The first-order valence-corrected chi connectivity index (χ1v) is 8.62. The molecule has 6 nitrogen and oxygen atoms in total. The predicted octanol–water partition coefficient (Wildman–Crippen LogP) is 3.11. The molecule has 1 aromatic carbocycles. The highest BCUT2D eigenvalue weighted by Gasteiger charge is 2.26. The quantitative estimate of drug-likeness (QED) is 0.528. The zero-order valence-electron chi connectivity index (χ0n) is 12.6. The van der Waals surface area contributed by atoms with Gasteiger partial charge >= 0.3 is 0 Å². The molecule has 0 atom stereocenters. The Morgan fingerprint density at radius 3 is 2.88 bits per heavy atom. The number of aromatic nitrogens is 1. The van der Waals surface area contributed by atoms with Crippen molar-refractivity contribution in [3.05, 3.63) is 45.8 Å². The van der Waals surface area contributed by atoms with Gasteiger partial charge in [0.15, 0.2) is 5.82 Å². The van der Waals surface area contributed by atoms with Gasteiger partial charge in [-0.25, -0.2) is 9.37 Å². The first-order chi connectivity index (χ1) is 11.4. The Bertz CT molecular complexity index is 762. The number of nitrogens with one attached hydrogen (secondary N) is 2. The number of halogens is 2. The molecule has 1 aromatic heterocycles. The fraction of sp³-hybridized carbons (Fsp3) is 0.200. The predicted molar refractivity (Wildman–Crippen MR) is 95.1 cm³/mol. The van der Waals surface area contributed by atoms with E-state index in [2.05, 4.69) is 31.0 Å². The second kappa shape index (κ2) is 6.86. The van der Waals surface area contributed by atoms with Crippen molar-refractivity contribution in [3.63, 3.8) is 0 Å². The maximum absolute atomic E-state index is 14.3. The molecule has 0 saturated carbocycles. The number of pyridine rings is 1. The maximum atomic E-state index is 14.3. The number of phenols is 1. The van der Waals surface area contributed by atoms with Gasteiger partial charge in [0.25, 0.3) is 5.91 Å². The molecule has 3 rings (SSSR count). The third-order valence-electron chi connectivity index (χ3n) is 3.32. The standard InChI is InChI=1S/C15H14BrFN4O2S/c1-8-2-12(16)19-13(3-8)18-6-9-4-10(17)15(11(22)5-9)21-7-14(23)20-24-21/h2-5,22H,6-7H2,1H3,(H,18,19)(H,20,23). The number of amides is 1. The summed E-state index contributed by atoms with van der Waals surface area (Å²) in [5, 5.41) is 13.2. The highest BCUT2D eigenvalue weighted by atomic mass is 79.9. The van der Waals surface area contributed by atoms with Crippen LogP contribution in [-0.2, 0) is 11.3 Å². The van der Waals surface area contributed by atoms with Gasteiger partial charge in [0.2, 0.25) is 0 Å². The molecule has 0 aliphatic carbocycles. The largest absolute Gasteiger partial charge is 0.506 e. The molecule has 0 unspecified atom stereocenters. The van der Waals surface area contributed by atoms with Crippen molar-refractivity contribution in [2.45, 2.75) is 13.5 Å². The lowest BCUT2D eigenvalue weighted by Gasteiger charge is -2.17. The molecule has 9 heteroatoms. The van der Waals surface area contributed by atoms with Gasteiger partial charge in [-0.1, -0.05) is 0 Å². The van der Waals surface area contributed by atoms with E-state index in [0.717, 1.165) is 17.7 Å². The van der Waals surface area contributed by atoms with Crippen LogP contribution in [0.2, 0.25) is 0 Å². The number of hydrogen-bond donors (Lipinski definition) is 3. The van der Waals surface area contributed by atoms with Crippen LogP contribution < -0.4 is 14.3 Å². The van der Waals surface area contributed by atoms with E-state index in [4.69, 9.17) is 0 Å². The Balaban J connectivity index is 1.76. The number of aromatic hydroxyl groups is 1. The average Bonchev–Trinajstić information content (AvgIpc) is 2.90. The zero-order chi connectivity index (χ0) is 17.3. The van der Waals surface area contributed by atoms with Crippen LogP contribution in [-0.4, -0.2) is 22.5 Å². The lowest BCUT2D eigenvalue weighted by Crippen LogP contribution is -2.16. The fourth-order valence-electron chi connectivity index (χ4n) is 2.32. The maximum Gasteiger partial charge on any atom is 0.251 e. The van der Waals surface area contributed by atoms with E-state index < -0.39 is 5.82 Å². The molecule has 3 N–H and O–H groups in total. The Labute approximate surface area is 150 Å². The highest BCUT2D eigenvalue weighted by molar-refractivity contribution is 9.10. The summed E-state index contributed by atoms with van der Waals surface area (Å²) in [5.41, 5.74) is 1.60. The third kappa shape index (κ3) is 3.73. The first kappa shape index (κ1) is 16.8. The van der Waals surface area contributed by atoms with E-state index in [-0.39, 0.29) is 23.9 Å². The van der Waals surface area contributed by atoms with Crippen molar-refractivity contribution in [3.8, 4) is 5.75 Å². The van der Waals surface area contributed by atoms with Gasteiger partial charge in [-0.3, -0.25) is 13.8 Å². The van der Waals surface area contributed by atoms with Crippen molar-refractivity contribution in [2.24, 2.45) is 0 Å². The second-order valence-electron chi connectivity index (χ2n) is 5.30. The van der Waals surface area contributed by atoms with Crippen LogP contribution in [0.15, 0.2) is 28.9 Å². The number of rotatable bonds is 4. The topological polar surface area (TPSA) is 77.5 Å². The van der Waals surface area contributed by atoms with Crippen LogP contribution in [0.3, 0.4) is 0 Å². The number of hydrogen-bond acceptors (Lipinski definition) is 6. The normalized spacial score (nSPS) is 14.0. The van der Waals surface area contributed by atoms with Crippen molar-refractivity contribution in [2.75, 3.05) is 16.2 Å². The third-order valence-corrected chi connectivity index (χ3v) is 4.58. The number of aryl methyl sites for hydroxylation is 1. The summed E-state index contributed by atoms with van der Waals surface area (Å²) >= 11 is 4.28. The summed E-state index contributed by atoms with van der Waals surface area (Å²) < 4.78 is 18.9. The van der Waals surface area contributed by atoms with Gasteiger partial charge < -0.3 is 10.4 Å². The molecular weight excluding hydrogens is 399 g/mol. The minimum absolute atomic E-state index is 0.00137. The Morgan fingerprint density at radius 2 is 2.25 bits per heavy atom. The number of carbonyl (C=O) groups is 1. The summed E-state index contributed by atoms with van der Waals surface area (Å²) in [7, 11) is 0. The van der Waals surface area contributed by atoms with Crippen molar-refractivity contribution < 1.29 is 14.3 Å². The van der Waals surface area contributed by atoms with E-state index in [1.54, 1.807) is 0 Å². The van der Waals surface area contributed by atoms with Gasteiger partial charge in [-0.05, 0) is 58.2 Å². The summed E-state index contributed by atoms with van der Waals surface area (Å²) in [4.78, 5) is 15.5. The highest BCUT2D eigenvalue weighted by Crippen LogP contribution is 2.36. The summed E-state index contributed by atoms with van der Waals surface area (Å²) in [6.07, 6.45) is 0. The van der Waals surface area contributed by atoms with Gasteiger partial charge in [-0.15, -0.1) is 0 Å². The van der Waals surface area contributed by atoms with E-state index in [1.165, 1.54) is 16.4 Å². The smallest absolute Gasteiger partial charge is 0.251 e. The van der Waals surface area contributed by atoms with Gasteiger partial charge in [0.05, 0.1) is 12.1 Å². The fourth-order valence-corrected chi connectivity index (χ4v) is 3.60.